The first-order chi connectivity index (χ1) is 12.3. The monoisotopic (exact) mass is 432 g/mol. The van der Waals surface area contributed by atoms with Crippen LogP contribution in [0, 0.1) is 11.8 Å². The van der Waals surface area contributed by atoms with Gasteiger partial charge in [-0.05, 0) is 42.4 Å². The first-order valence-corrected chi connectivity index (χ1v) is 9.66. The van der Waals surface area contributed by atoms with Crippen molar-refractivity contribution in [2.24, 2.45) is 11.8 Å². The minimum Gasteiger partial charge on any atom is -0.330 e. The van der Waals surface area contributed by atoms with Gasteiger partial charge in [-0.1, -0.05) is 15.9 Å². The van der Waals surface area contributed by atoms with Crippen LogP contribution in [0.5, 0.6) is 0 Å². The zero-order valence-electron chi connectivity index (χ0n) is 13.9. The maximum atomic E-state index is 13.2. The van der Waals surface area contributed by atoms with E-state index in [4.69, 9.17) is 0 Å². The number of carbonyl (C=O) groups excluding carboxylic acids is 1. The summed E-state index contributed by atoms with van der Waals surface area (Å²) in [6.07, 6.45) is 0.217. The van der Waals surface area contributed by atoms with Crippen molar-refractivity contribution in [2.75, 3.05) is 13.1 Å². The minimum atomic E-state index is -4.40. The molecule has 0 radical (unpaired) electrons. The van der Waals surface area contributed by atoms with Crippen LogP contribution in [0.2, 0.25) is 0 Å². The summed E-state index contributed by atoms with van der Waals surface area (Å²) in [5, 5.41) is 0. The van der Waals surface area contributed by atoms with E-state index in [0.717, 1.165) is 16.9 Å². The molecule has 2 N–H and O–H groups in total. The van der Waals surface area contributed by atoms with E-state index in [-0.39, 0.29) is 22.7 Å². The third kappa shape index (κ3) is 3.25. The average molecular weight is 433 g/mol. The summed E-state index contributed by atoms with van der Waals surface area (Å²) >= 11 is 3.75. The Morgan fingerprint density at radius 3 is 2.65 bits per heavy atom. The predicted molar refractivity (Wildman–Crippen MR) is 92.4 cm³/mol. The van der Waals surface area contributed by atoms with E-state index in [0.29, 0.717) is 13.0 Å². The van der Waals surface area contributed by atoms with E-state index >= 15 is 0 Å². The van der Waals surface area contributed by atoms with Crippen molar-refractivity contribution in [2.45, 2.75) is 41.8 Å². The van der Waals surface area contributed by atoms with Crippen LogP contribution < -0.4 is 10.9 Å². The molecule has 26 heavy (non-hydrogen) atoms. The molecule has 5 nitrogen and oxygen atoms in total. The second-order valence-corrected chi connectivity index (χ2v) is 8.52. The molecule has 1 aliphatic carbocycles. The van der Waals surface area contributed by atoms with E-state index in [1.807, 2.05) is 12.1 Å². The lowest BCUT2D eigenvalue weighted by Gasteiger charge is -2.51. The average Bonchev–Trinajstić information content (AvgIpc) is 3.08. The van der Waals surface area contributed by atoms with E-state index in [9.17, 15) is 18.0 Å². The quantitative estimate of drug-likeness (QED) is 0.703. The number of nitrogens with zero attached hydrogens (tertiary/aromatic N) is 2. The van der Waals surface area contributed by atoms with Crippen molar-refractivity contribution in [1.29, 1.82) is 0 Å². The zero-order chi connectivity index (χ0) is 18.5. The highest BCUT2D eigenvalue weighted by Gasteiger charge is 2.55. The van der Waals surface area contributed by atoms with Gasteiger partial charge in [0.15, 0.2) is 0 Å². The van der Waals surface area contributed by atoms with Crippen LogP contribution in [0.15, 0.2) is 24.5 Å². The van der Waals surface area contributed by atoms with Crippen molar-refractivity contribution in [1.82, 2.24) is 20.7 Å². The number of likely N-dealkylation sites (tertiary alicyclic amines) is 1. The van der Waals surface area contributed by atoms with Gasteiger partial charge in [-0.15, -0.1) is 0 Å². The van der Waals surface area contributed by atoms with Crippen LogP contribution in [0.1, 0.15) is 24.3 Å². The lowest BCUT2D eigenvalue weighted by Crippen LogP contribution is -2.64. The number of amides is 1. The van der Waals surface area contributed by atoms with Gasteiger partial charge in [0.1, 0.15) is 6.54 Å². The summed E-state index contributed by atoms with van der Waals surface area (Å²) in [5.74, 6) is -0.797. The van der Waals surface area contributed by atoms with Crippen LogP contribution >= 0.6 is 15.9 Å². The van der Waals surface area contributed by atoms with Crippen LogP contribution in [0.3, 0.4) is 0 Å². The summed E-state index contributed by atoms with van der Waals surface area (Å²) < 4.78 is 39.5. The summed E-state index contributed by atoms with van der Waals surface area (Å²) in [5.41, 5.74) is 7.14. The summed E-state index contributed by atoms with van der Waals surface area (Å²) in [6, 6.07) is 3.26. The lowest BCUT2D eigenvalue weighted by atomic mass is 9.67. The van der Waals surface area contributed by atoms with Gasteiger partial charge in [0.05, 0.1) is 5.92 Å². The highest BCUT2D eigenvalue weighted by Crippen LogP contribution is 2.47. The molecule has 0 bridgehead atoms. The van der Waals surface area contributed by atoms with Crippen LogP contribution in [0.25, 0.3) is 0 Å². The molecule has 0 aromatic carbocycles. The molecule has 2 aliphatic heterocycles. The van der Waals surface area contributed by atoms with Gasteiger partial charge < -0.3 is 4.90 Å². The van der Waals surface area contributed by atoms with Crippen molar-refractivity contribution in [3.8, 4) is 0 Å². The Kier molecular flexibility index (Phi) is 4.73. The number of hydrogen-bond acceptors (Lipinski definition) is 4. The number of hydrogen-bond donors (Lipinski definition) is 2. The molecule has 1 amide bonds. The third-order valence-electron chi connectivity index (χ3n) is 5.89. The third-order valence-corrected chi connectivity index (χ3v) is 6.91. The Morgan fingerprint density at radius 2 is 1.96 bits per heavy atom. The van der Waals surface area contributed by atoms with Crippen molar-refractivity contribution in [3.05, 3.63) is 30.1 Å². The smallest absolute Gasteiger partial charge is 0.330 e. The van der Waals surface area contributed by atoms with E-state index < -0.39 is 30.6 Å². The molecule has 9 heteroatoms. The first kappa shape index (κ1) is 18.2. The number of fused-ring (bicyclic) bond motifs is 3. The second kappa shape index (κ2) is 6.76. The SMILES string of the molecule is O=C1C2CNNC2C2CC(Br)C(c3ccncc3)CC2N1CC(F)(F)F. The Bertz CT molecular complexity index is 674. The van der Waals surface area contributed by atoms with Gasteiger partial charge in [-0.25, -0.2) is 0 Å². The van der Waals surface area contributed by atoms with E-state index in [1.54, 1.807) is 12.4 Å². The number of hydrazine groups is 1. The second-order valence-electron chi connectivity index (χ2n) is 7.34. The molecular weight excluding hydrogens is 413 g/mol. The van der Waals surface area contributed by atoms with Crippen molar-refractivity contribution < 1.29 is 18.0 Å². The normalized spacial score (nSPS) is 37.4. The largest absolute Gasteiger partial charge is 0.406 e. The summed E-state index contributed by atoms with van der Waals surface area (Å²) in [4.78, 5) is 18.0. The molecule has 6 atom stereocenters. The Labute approximate surface area is 157 Å². The van der Waals surface area contributed by atoms with Gasteiger partial charge in [-0.2, -0.15) is 13.2 Å². The number of aromatic nitrogens is 1. The number of piperidine rings is 1. The van der Waals surface area contributed by atoms with Gasteiger partial charge >= 0.3 is 6.18 Å². The highest BCUT2D eigenvalue weighted by atomic mass is 79.9. The fourth-order valence-corrected chi connectivity index (χ4v) is 5.74. The molecule has 3 fully saturated rings. The molecule has 4 rings (SSSR count). The first-order valence-electron chi connectivity index (χ1n) is 8.75. The molecule has 6 unspecified atom stereocenters. The standard InChI is InChI=1S/C17H20BrF3N4O/c18-13-5-11-14(6-10(13)9-1-3-22-4-2-9)25(8-17(19,20)21)16(26)12-7-23-24-15(11)12/h1-4,10-15,23-24H,5-8H2. The van der Waals surface area contributed by atoms with Gasteiger partial charge in [0.2, 0.25) is 5.91 Å². The predicted octanol–water partition coefficient (Wildman–Crippen LogP) is 2.20. The maximum Gasteiger partial charge on any atom is 0.406 e. The topological polar surface area (TPSA) is 57.3 Å². The number of halogens is 4. The van der Waals surface area contributed by atoms with Crippen molar-refractivity contribution >= 4 is 21.8 Å². The Hall–Kier alpha value is -1.19. The number of carbonyl (C=O) groups is 1. The summed E-state index contributed by atoms with van der Waals surface area (Å²) in [6.45, 7) is -0.798. The molecule has 1 saturated carbocycles. The molecule has 2 saturated heterocycles. The van der Waals surface area contributed by atoms with E-state index in [1.165, 1.54) is 0 Å². The van der Waals surface area contributed by atoms with Gasteiger partial charge in [0.25, 0.3) is 0 Å². The molecule has 1 aromatic rings. The highest BCUT2D eigenvalue weighted by molar-refractivity contribution is 9.09. The molecule has 3 heterocycles. The maximum absolute atomic E-state index is 13.2. The molecular formula is C17H20BrF3N4O. The Balaban J connectivity index is 1.66. The molecule has 0 spiro atoms. The molecule has 3 aliphatic rings. The van der Waals surface area contributed by atoms with E-state index in [2.05, 4.69) is 31.8 Å². The van der Waals surface area contributed by atoms with Gasteiger partial charge in [-0.3, -0.25) is 20.6 Å². The molecule has 142 valence electrons. The minimum absolute atomic E-state index is 0.0162. The van der Waals surface area contributed by atoms with Crippen LogP contribution in [-0.2, 0) is 4.79 Å². The molecule has 1 aromatic heterocycles. The van der Waals surface area contributed by atoms with Gasteiger partial charge in [0, 0.05) is 35.8 Å². The number of pyridine rings is 1. The number of rotatable bonds is 2. The zero-order valence-corrected chi connectivity index (χ0v) is 15.5. The fourth-order valence-electron chi connectivity index (χ4n) is 4.79. The Morgan fingerprint density at radius 1 is 1.23 bits per heavy atom. The number of nitrogens with one attached hydrogen (secondary N) is 2. The summed E-state index contributed by atoms with van der Waals surface area (Å²) in [7, 11) is 0. The van der Waals surface area contributed by atoms with Crippen molar-refractivity contribution in [3.63, 3.8) is 0 Å². The fraction of sp³-hybridized carbons (Fsp3) is 0.647. The van der Waals surface area contributed by atoms with Crippen LogP contribution in [0.4, 0.5) is 13.2 Å². The van der Waals surface area contributed by atoms with Crippen LogP contribution in [-0.4, -0.2) is 52.0 Å². The lowest BCUT2D eigenvalue weighted by molar-refractivity contribution is -0.178. The number of alkyl halides is 4.